The van der Waals surface area contributed by atoms with Crippen LogP contribution in [-0.2, 0) is 6.42 Å². The van der Waals surface area contributed by atoms with E-state index in [2.05, 4.69) is 27.3 Å². The summed E-state index contributed by atoms with van der Waals surface area (Å²) in [7, 11) is 0. The van der Waals surface area contributed by atoms with Crippen molar-refractivity contribution in [3.63, 3.8) is 0 Å². The van der Waals surface area contributed by atoms with Crippen molar-refractivity contribution >= 4 is 21.8 Å². The van der Waals surface area contributed by atoms with Crippen LogP contribution < -0.4 is 5.32 Å². The molecule has 1 N–H and O–H groups in total. The molecule has 0 heterocycles. The Kier molecular flexibility index (Phi) is 5.12. The molecule has 4 heteroatoms. The van der Waals surface area contributed by atoms with Gasteiger partial charge in [-0.15, -0.1) is 0 Å². The third kappa shape index (κ3) is 4.14. The monoisotopic (exact) mass is 349 g/mol. The van der Waals surface area contributed by atoms with Gasteiger partial charge in [-0.2, -0.15) is 0 Å². The Morgan fingerprint density at radius 2 is 2.00 bits per heavy atom. The van der Waals surface area contributed by atoms with Crippen molar-refractivity contribution in [2.75, 3.05) is 0 Å². The van der Waals surface area contributed by atoms with E-state index in [-0.39, 0.29) is 11.9 Å². The molecule has 110 valence electrons. The van der Waals surface area contributed by atoms with Crippen LogP contribution in [0.1, 0.15) is 28.4 Å². The highest BCUT2D eigenvalue weighted by atomic mass is 79.9. The van der Waals surface area contributed by atoms with Crippen molar-refractivity contribution in [1.82, 2.24) is 5.32 Å². The largest absolute Gasteiger partial charge is 0.349 e. The maximum Gasteiger partial charge on any atom is 0.252 e. The van der Waals surface area contributed by atoms with Crippen LogP contribution in [0.15, 0.2) is 46.9 Å². The molecule has 0 aliphatic heterocycles. The smallest absolute Gasteiger partial charge is 0.252 e. The van der Waals surface area contributed by atoms with Gasteiger partial charge >= 0.3 is 0 Å². The lowest BCUT2D eigenvalue weighted by Crippen LogP contribution is -2.34. The Bertz CT molecular complexity index is 657. The number of aryl methyl sites for hydroxylation is 1. The predicted octanol–water partition coefficient (Wildman–Crippen LogP) is 4.26. The van der Waals surface area contributed by atoms with Gasteiger partial charge in [0.15, 0.2) is 0 Å². The molecule has 2 aromatic rings. The van der Waals surface area contributed by atoms with E-state index in [9.17, 15) is 9.18 Å². The van der Waals surface area contributed by atoms with Gasteiger partial charge in [-0.1, -0.05) is 24.3 Å². The maximum atomic E-state index is 13.2. The Morgan fingerprint density at radius 3 is 2.71 bits per heavy atom. The third-order valence-electron chi connectivity index (χ3n) is 3.34. The second-order valence-electron chi connectivity index (χ2n) is 5.13. The zero-order chi connectivity index (χ0) is 15.4. The van der Waals surface area contributed by atoms with Crippen LogP contribution in [0.2, 0.25) is 0 Å². The summed E-state index contributed by atoms with van der Waals surface area (Å²) in [6.07, 6.45) is 0.741. The number of hydrogen-bond donors (Lipinski definition) is 1. The summed E-state index contributed by atoms with van der Waals surface area (Å²) in [5, 5.41) is 2.90. The summed E-state index contributed by atoms with van der Waals surface area (Å²) in [4.78, 5) is 12.2. The highest BCUT2D eigenvalue weighted by molar-refractivity contribution is 9.10. The van der Waals surface area contributed by atoms with Crippen LogP contribution in [0.4, 0.5) is 4.39 Å². The molecule has 0 bridgehead atoms. The Morgan fingerprint density at radius 1 is 1.29 bits per heavy atom. The number of hydrogen-bond acceptors (Lipinski definition) is 1. The zero-order valence-electron chi connectivity index (χ0n) is 12.0. The third-order valence-corrected chi connectivity index (χ3v) is 4.03. The first-order valence-electron chi connectivity index (χ1n) is 6.78. The Balaban J connectivity index is 2.06. The lowest BCUT2D eigenvalue weighted by molar-refractivity contribution is 0.0939. The minimum absolute atomic E-state index is 0.0335. The second kappa shape index (κ2) is 6.85. The molecule has 0 radical (unpaired) electrons. The van der Waals surface area contributed by atoms with Gasteiger partial charge in [-0.3, -0.25) is 4.79 Å². The molecule has 0 aliphatic carbocycles. The summed E-state index contributed by atoms with van der Waals surface area (Å²) in [5.74, 6) is -0.697. The fourth-order valence-corrected chi connectivity index (χ4v) is 2.62. The molecular formula is C17H17BrFNO. The topological polar surface area (TPSA) is 29.1 Å². The molecule has 2 nitrogen and oxygen atoms in total. The van der Waals surface area contributed by atoms with Gasteiger partial charge in [-0.05, 0) is 65.5 Å². The minimum atomic E-state index is -0.421. The van der Waals surface area contributed by atoms with Gasteiger partial charge in [0.25, 0.3) is 5.91 Å². The fourth-order valence-electron chi connectivity index (χ4n) is 2.19. The maximum absolute atomic E-state index is 13.2. The zero-order valence-corrected chi connectivity index (χ0v) is 13.6. The molecule has 0 aliphatic rings. The number of carbonyl (C=O) groups excluding carboxylic acids is 1. The van der Waals surface area contributed by atoms with E-state index in [0.717, 1.165) is 6.42 Å². The summed E-state index contributed by atoms with van der Waals surface area (Å²) in [6.45, 7) is 3.99. The van der Waals surface area contributed by atoms with Crippen molar-refractivity contribution in [3.05, 3.63) is 69.4 Å². The van der Waals surface area contributed by atoms with E-state index >= 15 is 0 Å². The van der Waals surface area contributed by atoms with E-state index in [1.807, 2.05) is 32.0 Å². The molecule has 1 atom stereocenters. The van der Waals surface area contributed by atoms with Gasteiger partial charge in [0.2, 0.25) is 0 Å². The van der Waals surface area contributed by atoms with Crippen LogP contribution >= 0.6 is 15.9 Å². The van der Waals surface area contributed by atoms with E-state index in [4.69, 9.17) is 0 Å². The van der Waals surface area contributed by atoms with Gasteiger partial charge < -0.3 is 5.32 Å². The molecule has 0 aromatic heterocycles. The normalized spacial score (nSPS) is 12.0. The van der Waals surface area contributed by atoms with Crippen LogP contribution in [0.3, 0.4) is 0 Å². The minimum Gasteiger partial charge on any atom is -0.349 e. The average molecular weight is 350 g/mol. The predicted molar refractivity (Wildman–Crippen MR) is 85.9 cm³/mol. The number of rotatable bonds is 4. The van der Waals surface area contributed by atoms with E-state index < -0.39 is 5.82 Å². The molecule has 2 rings (SSSR count). The number of carbonyl (C=O) groups is 1. The molecule has 0 spiro atoms. The Labute approximate surface area is 132 Å². The molecule has 21 heavy (non-hydrogen) atoms. The SMILES string of the molecule is Cc1ccccc1CC(C)NC(=O)c1cc(F)ccc1Br. The van der Waals surface area contributed by atoms with Gasteiger partial charge in [0, 0.05) is 10.5 Å². The number of halogens is 2. The summed E-state index contributed by atoms with van der Waals surface area (Å²) >= 11 is 3.27. The highest BCUT2D eigenvalue weighted by Gasteiger charge is 2.14. The first kappa shape index (κ1) is 15.7. The molecule has 0 fully saturated rings. The summed E-state index contributed by atoms with van der Waals surface area (Å²) < 4.78 is 13.8. The quantitative estimate of drug-likeness (QED) is 0.877. The van der Waals surface area contributed by atoms with Crippen molar-refractivity contribution < 1.29 is 9.18 Å². The van der Waals surface area contributed by atoms with Gasteiger partial charge in [0.1, 0.15) is 5.82 Å². The molecule has 1 amide bonds. The van der Waals surface area contributed by atoms with Gasteiger partial charge in [-0.25, -0.2) is 4.39 Å². The Hall–Kier alpha value is -1.68. The first-order valence-corrected chi connectivity index (χ1v) is 7.57. The van der Waals surface area contributed by atoms with Crippen LogP contribution in [-0.4, -0.2) is 11.9 Å². The number of amides is 1. The second-order valence-corrected chi connectivity index (χ2v) is 5.98. The van der Waals surface area contributed by atoms with Crippen molar-refractivity contribution in [1.29, 1.82) is 0 Å². The van der Waals surface area contributed by atoms with Crippen LogP contribution in [0.25, 0.3) is 0 Å². The molecule has 1 unspecified atom stereocenters. The highest BCUT2D eigenvalue weighted by Crippen LogP contribution is 2.18. The molecule has 2 aromatic carbocycles. The van der Waals surface area contributed by atoms with Crippen molar-refractivity contribution in [2.24, 2.45) is 0 Å². The number of benzene rings is 2. The molecule has 0 saturated heterocycles. The van der Waals surface area contributed by atoms with E-state index in [0.29, 0.717) is 10.0 Å². The lowest BCUT2D eigenvalue weighted by Gasteiger charge is -2.16. The molecular weight excluding hydrogens is 333 g/mol. The van der Waals surface area contributed by atoms with E-state index in [1.54, 1.807) is 0 Å². The fraction of sp³-hybridized carbons (Fsp3) is 0.235. The number of nitrogens with one attached hydrogen (secondary N) is 1. The lowest BCUT2D eigenvalue weighted by atomic mass is 10.0. The van der Waals surface area contributed by atoms with Crippen molar-refractivity contribution in [3.8, 4) is 0 Å². The molecule has 0 saturated carbocycles. The summed E-state index contributed by atoms with van der Waals surface area (Å²) in [5.41, 5.74) is 2.71. The van der Waals surface area contributed by atoms with Crippen LogP contribution in [0, 0.1) is 12.7 Å². The van der Waals surface area contributed by atoms with E-state index in [1.165, 1.54) is 29.3 Å². The summed E-state index contributed by atoms with van der Waals surface area (Å²) in [6, 6.07) is 12.1. The van der Waals surface area contributed by atoms with Gasteiger partial charge in [0.05, 0.1) is 5.56 Å². The van der Waals surface area contributed by atoms with Crippen molar-refractivity contribution in [2.45, 2.75) is 26.3 Å². The average Bonchev–Trinajstić information content (AvgIpc) is 2.44. The standard InChI is InChI=1S/C17H17BrFNO/c1-11-5-3-4-6-13(11)9-12(2)20-17(21)15-10-14(19)7-8-16(15)18/h3-8,10,12H,9H2,1-2H3,(H,20,21). The van der Waals surface area contributed by atoms with Crippen LogP contribution in [0.5, 0.6) is 0 Å². The first-order chi connectivity index (χ1) is 9.97.